The van der Waals surface area contributed by atoms with E-state index in [1.165, 1.54) is 0 Å². The number of fused-ring (bicyclic) bond motifs is 1. The molecule has 0 saturated heterocycles. The van der Waals surface area contributed by atoms with Gasteiger partial charge in [-0.05, 0) is 16.8 Å². The molecule has 0 atom stereocenters. The predicted octanol–water partition coefficient (Wildman–Crippen LogP) is 2.33. The lowest BCUT2D eigenvalue weighted by molar-refractivity contribution is -0.111. The molecule has 0 fully saturated rings. The summed E-state index contributed by atoms with van der Waals surface area (Å²) in [4.78, 5) is 14.4. The van der Waals surface area contributed by atoms with Gasteiger partial charge < -0.3 is 0 Å². The van der Waals surface area contributed by atoms with Crippen LogP contribution < -0.4 is 0 Å². The van der Waals surface area contributed by atoms with Crippen LogP contribution >= 0.6 is 0 Å². The second-order valence-corrected chi connectivity index (χ2v) is 3.18. The van der Waals surface area contributed by atoms with Gasteiger partial charge in [0.2, 0.25) is 0 Å². The summed E-state index contributed by atoms with van der Waals surface area (Å²) in [6.45, 7) is 0. The first-order valence-corrected chi connectivity index (χ1v) is 4.54. The zero-order chi connectivity index (χ0) is 10.7. The molecule has 0 aliphatic heterocycles. The molecule has 0 aromatic heterocycles. The van der Waals surface area contributed by atoms with Gasteiger partial charge in [0.25, 0.3) is 5.78 Å². The van der Waals surface area contributed by atoms with Gasteiger partial charge in [0.05, 0.1) is 10.3 Å². The maximum absolute atomic E-state index is 11.4. The van der Waals surface area contributed by atoms with Gasteiger partial charge in [-0.1, -0.05) is 36.4 Å². The van der Waals surface area contributed by atoms with Gasteiger partial charge in [-0.2, -0.15) is 0 Å². The third kappa shape index (κ3) is 1.82. The Morgan fingerprint density at radius 2 is 1.87 bits per heavy atom. The smallest absolute Gasteiger partial charge is 0.281 e. The van der Waals surface area contributed by atoms with E-state index in [0.717, 1.165) is 17.0 Å². The van der Waals surface area contributed by atoms with Crippen molar-refractivity contribution in [2.75, 3.05) is 0 Å². The number of ketones is 1. The average molecular weight is 197 g/mol. The fourth-order valence-electron chi connectivity index (χ4n) is 1.48. The summed E-state index contributed by atoms with van der Waals surface area (Å²) in [5.74, 6) is -0.240. The predicted molar refractivity (Wildman–Crippen MR) is 57.3 cm³/mol. The molecule has 0 spiro atoms. The molecule has 3 nitrogen and oxygen atoms in total. The highest BCUT2D eigenvalue weighted by atomic mass is 16.1. The van der Waals surface area contributed by atoms with E-state index in [-0.39, 0.29) is 5.78 Å². The Morgan fingerprint density at radius 3 is 2.60 bits per heavy atom. The monoisotopic (exact) mass is 197 g/mol. The summed E-state index contributed by atoms with van der Waals surface area (Å²) in [5.41, 5.74) is 7.15. The SMILES string of the molecule is N=[N+]=CC(=O)c1ccc2ccccc2c1. The summed E-state index contributed by atoms with van der Waals surface area (Å²) in [6.07, 6.45) is 1.00. The van der Waals surface area contributed by atoms with Gasteiger partial charge in [0.1, 0.15) is 0 Å². The Labute approximate surface area is 86.6 Å². The fraction of sp³-hybridized carbons (Fsp3) is 0. The number of carbonyl (C=O) groups excluding carboxylic acids is 1. The first kappa shape index (κ1) is 9.31. The molecule has 1 N–H and O–H groups in total. The van der Waals surface area contributed by atoms with E-state index < -0.39 is 0 Å². The first-order chi connectivity index (χ1) is 7.31. The lowest BCUT2D eigenvalue weighted by atomic mass is 10.1. The van der Waals surface area contributed by atoms with E-state index in [0.29, 0.717) is 5.56 Å². The molecule has 0 saturated carbocycles. The molecule has 3 heteroatoms. The average Bonchev–Trinajstić information content (AvgIpc) is 2.29. The van der Waals surface area contributed by atoms with Crippen molar-refractivity contribution in [3.8, 4) is 0 Å². The topological polar surface area (TPSA) is 55.0 Å². The van der Waals surface area contributed by atoms with Crippen LogP contribution in [0, 0.1) is 5.53 Å². The van der Waals surface area contributed by atoms with Crippen molar-refractivity contribution in [3.05, 3.63) is 48.0 Å². The van der Waals surface area contributed by atoms with E-state index >= 15 is 0 Å². The molecule has 0 aliphatic rings. The van der Waals surface area contributed by atoms with Crippen molar-refractivity contribution in [1.82, 2.24) is 0 Å². The molecule has 0 bridgehead atoms. The normalized spacial score (nSPS) is 9.60. The molecule has 0 heterocycles. The Bertz CT molecular complexity index is 569. The van der Waals surface area contributed by atoms with Gasteiger partial charge in [-0.15, -0.1) is 0 Å². The molecular formula is C12H9N2O+. The molecule has 2 aromatic rings. The number of nitrogens with one attached hydrogen (secondary N) is 1. The van der Waals surface area contributed by atoms with Crippen LogP contribution in [0.15, 0.2) is 42.5 Å². The second-order valence-electron chi connectivity index (χ2n) is 3.18. The minimum atomic E-state index is -0.240. The number of rotatable bonds is 2. The van der Waals surface area contributed by atoms with Crippen LogP contribution in [0.5, 0.6) is 0 Å². The van der Waals surface area contributed by atoms with Gasteiger partial charge in [0.15, 0.2) is 0 Å². The Kier molecular flexibility index (Phi) is 2.40. The molecule has 15 heavy (non-hydrogen) atoms. The molecule has 2 aromatic carbocycles. The van der Waals surface area contributed by atoms with E-state index in [1.54, 1.807) is 12.1 Å². The van der Waals surface area contributed by atoms with Crippen LogP contribution in [0.1, 0.15) is 10.4 Å². The summed E-state index contributed by atoms with van der Waals surface area (Å²) in [6, 6.07) is 13.3. The highest BCUT2D eigenvalue weighted by Crippen LogP contribution is 2.15. The van der Waals surface area contributed by atoms with E-state index in [4.69, 9.17) is 5.53 Å². The lowest BCUT2D eigenvalue weighted by Crippen LogP contribution is -2.00. The van der Waals surface area contributed by atoms with E-state index in [1.807, 2.05) is 30.3 Å². The number of nitrogens with zero attached hydrogens (tertiary/aromatic N) is 1. The highest BCUT2D eigenvalue weighted by molar-refractivity contribution is 6.33. The standard InChI is InChI=1S/C12H9N2O/c13-14-8-12(15)11-6-5-9-3-1-2-4-10(9)7-11/h1-8,13H/q+1. The highest BCUT2D eigenvalue weighted by Gasteiger charge is 2.08. The van der Waals surface area contributed by atoms with Gasteiger partial charge >= 0.3 is 6.21 Å². The Morgan fingerprint density at radius 1 is 1.13 bits per heavy atom. The zero-order valence-corrected chi connectivity index (χ0v) is 7.97. The quantitative estimate of drug-likeness (QED) is 0.341. The maximum atomic E-state index is 11.4. The van der Waals surface area contributed by atoms with Gasteiger partial charge in [0, 0.05) is 5.56 Å². The molecule has 0 radical (unpaired) electrons. The zero-order valence-electron chi connectivity index (χ0n) is 7.97. The van der Waals surface area contributed by atoms with Gasteiger partial charge in [-0.25, -0.2) is 0 Å². The van der Waals surface area contributed by atoms with Crippen molar-refractivity contribution in [3.63, 3.8) is 0 Å². The molecule has 0 aliphatic carbocycles. The second kappa shape index (κ2) is 3.86. The minimum absolute atomic E-state index is 0.240. The number of Topliss-reactive ketones (excluding diaryl/α,β-unsaturated/α-hetero) is 1. The van der Waals surface area contributed by atoms with Crippen molar-refractivity contribution in [1.29, 1.82) is 5.53 Å². The Hall–Kier alpha value is -2.25. The number of benzene rings is 2. The van der Waals surface area contributed by atoms with Gasteiger partial charge in [-0.3, -0.25) is 4.79 Å². The van der Waals surface area contributed by atoms with Crippen LogP contribution in [0.25, 0.3) is 10.8 Å². The number of carbonyl (C=O) groups is 1. The summed E-state index contributed by atoms with van der Waals surface area (Å²) >= 11 is 0. The first-order valence-electron chi connectivity index (χ1n) is 4.54. The number of hydrogen-bond donors (Lipinski definition) is 1. The molecule has 72 valence electrons. The van der Waals surface area contributed by atoms with Crippen LogP contribution in [-0.4, -0.2) is 16.8 Å². The van der Waals surface area contributed by atoms with Crippen molar-refractivity contribution >= 4 is 22.8 Å². The van der Waals surface area contributed by atoms with Crippen LogP contribution in [0.2, 0.25) is 0 Å². The van der Waals surface area contributed by atoms with Crippen LogP contribution in [0.3, 0.4) is 0 Å². The van der Waals surface area contributed by atoms with Crippen LogP contribution in [0.4, 0.5) is 0 Å². The maximum Gasteiger partial charge on any atom is 0.377 e. The van der Waals surface area contributed by atoms with Crippen molar-refractivity contribution < 1.29 is 9.58 Å². The summed E-state index contributed by atoms with van der Waals surface area (Å²) in [7, 11) is 0. The fourth-order valence-corrected chi connectivity index (χ4v) is 1.48. The third-order valence-corrected chi connectivity index (χ3v) is 2.22. The van der Waals surface area contributed by atoms with Crippen molar-refractivity contribution in [2.45, 2.75) is 0 Å². The minimum Gasteiger partial charge on any atom is -0.281 e. The summed E-state index contributed by atoms with van der Waals surface area (Å²) < 4.78 is 0. The lowest BCUT2D eigenvalue weighted by Gasteiger charge is -1.97. The largest absolute Gasteiger partial charge is 0.377 e. The van der Waals surface area contributed by atoms with E-state index in [2.05, 4.69) is 4.79 Å². The number of hydrogen-bond acceptors (Lipinski definition) is 2. The van der Waals surface area contributed by atoms with E-state index in [9.17, 15) is 4.79 Å². The molecule has 0 amide bonds. The van der Waals surface area contributed by atoms with Crippen LogP contribution in [-0.2, 0) is 0 Å². The molecular weight excluding hydrogens is 188 g/mol. The molecule has 0 unspecified atom stereocenters. The summed E-state index contributed by atoms with van der Waals surface area (Å²) in [5, 5.41) is 2.11. The third-order valence-electron chi connectivity index (χ3n) is 2.22. The van der Waals surface area contributed by atoms with Crippen molar-refractivity contribution in [2.24, 2.45) is 0 Å². The Balaban J connectivity index is 2.56. The molecule has 2 rings (SSSR count).